The van der Waals surface area contributed by atoms with Gasteiger partial charge < -0.3 is 5.11 Å². The normalized spacial score (nSPS) is 29.9. The van der Waals surface area contributed by atoms with Gasteiger partial charge in [0.15, 0.2) is 0 Å². The first-order valence-electron chi connectivity index (χ1n) is 6.74. The number of aliphatic hydroxyl groups is 1. The van der Waals surface area contributed by atoms with Crippen molar-refractivity contribution in [3.05, 3.63) is 0 Å². The molecular formula is C13H26O3S. The third kappa shape index (κ3) is 3.68. The van der Waals surface area contributed by atoms with Gasteiger partial charge in [-0.15, -0.1) is 0 Å². The first kappa shape index (κ1) is 15.0. The fourth-order valence-corrected chi connectivity index (χ4v) is 4.30. The van der Waals surface area contributed by atoms with Gasteiger partial charge in [0.1, 0.15) is 9.84 Å². The van der Waals surface area contributed by atoms with E-state index in [4.69, 9.17) is 0 Å². The first-order valence-corrected chi connectivity index (χ1v) is 8.70. The topological polar surface area (TPSA) is 54.4 Å². The lowest BCUT2D eigenvalue weighted by atomic mass is 9.73. The summed E-state index contributed by atoms with van der Waals surface area (Å²) in [6, 6.07) is 0. The van der Waals surface area contributed by atoms with Crippen LogP contribution in [-0.2, 0) is 9.84 Å². The summed E-state index contributed by atoms with van der Waals surface area (Å²) in [7, 11) is -2.95. The Morgan fingerprint density at radius 2 is 1.94 bits per heavy atom. The standard InChI is InChI=1S/C13H26O3S/c1-4-9-13(14,5-2)11-7-6-8-12(10-11)17(3,15)16/h11-12,14H,4-10H2,1-3H3. The molecule has 0 radical (unpaired) electrons. The van der Waals surface area contributed by atoms with Crippen LogP contribution in [0.3, 0.4) is 0 Å². The predicted octanol–water partition coefficient (Wildman–Crippen LogP) is 2.53. The molecule has 4 heteroatoms. The summed E-state index contributed by atoms with van der Waals surface area (Å²) < 4.78 is 23.2. The number of rotatable bonds is 5. The molecule has 3 nitrogen and oxygen atoms in total. The Morgan fingerprint density at radius 1 is 1.29 bits per heavy atom. The summed E-state index contributed by atoms with van der Waals surface area (Å²) in [6.07, 6.45) is 7.08. The molecule has 0 spiro atoms. The molecule has 1 aliphatic carbocycles. The highest BCUT2D eigenvalue weighted by molar-refractivity contribution is 7.91. The van der Waals surface area contributed by atoms with E-state index in [2.05, 4.69) is 6.92 Å². The second-order valence-electron chi connectivity index (χ2n) is 5.52. The van der Waals surface area contributed by atoms with Crippen LogP contribution >= 0.6 is 0 Å². The molecule has 0 heterocycles. The smallest absolute Gasteiger partial charge is 0.150 e. The van der Waals surface area contributed by atoms with Crippen LogP contribution in [0.4, 0.5) is 0 Å². The fraction of sp³-hybridized carbons (Fsp3) is 1.00. The lowest BCUT2D eigenvalue weighted by Crippen LogP contribution is -2.42. The van der Waals surface area contributed by atoms with Crippen molar-refractivity contribution in [3.8, 4) is 0 Å². The molecule has 102 valence electrons. The lowest BCUT2D eigenvalue weighted by molar-refractivity contribution is -0.0431. The molecule has 0 aromatic rings. The molecule has 3 unspecified atom stereocenters. The molecule has 1 saturated carbocycles. The zero-order valence-electron chi connectivity index (χ0n) is 11.3. The highest BCUT2D eigenvalue weighted by Crippen LogP contribution is 2.39. The summed E-state index contributed by atoms with van der Waals surface area (Å²) in [5.41, 5.74) is -0.655. The minimum absolute atomic E-state index is 0.154. The van der Waals surface area contributed by atoms with E-state index in [0.29, 0.717) is 6.42 Å². The molecule has 1 fully saturated rings. The zero-order chi connectivity index (χ0) is 13.1. The molecule has 0 aromatic carbocycles. The lowest BCUT2D eigenvalue weighted by Gasteiger charge is -2.40. The van der Waals surface area contributed by atoms with Gasteiger partial charge in [-0.05, 0) is 38.0 Å². The van der Waals surface area contributed by atoms with Crippen LogP contribution < -0.4 is 0 Å². The van der Waals surface area contributed by atoms with Crippen molar-refractivity contribution < 1.29 is 13.5 Å². The maximum absolute atomic E-state index is 11.6. The second-order valence-corrected chi connectivity index (χ2v) is 7.85. The van der Waals surface area contributed by atoms with E-state index in [-0.39, 0.29) is 11.2 Å². The molecule has 0 saturated heterocycles. The van der Waals surface area contributed by atoms with Gasteiger partial charge in [0.25, 0.3) is 0 Å². The van der Waals surface area contributed by atoms with Crippen LogP contribution in [0.2, 0.25) is 0 Å². The molecule has 0 aromatic heterocycles. The quantitative estimate of drug-likeness (QED) is 0.828. The molecule has 0 amide bonds. The Bertz CT molecular complexity index is 337. The van der Waals surface area contributed by atoms with Gasteiger partial charge in [0.2, 0.25) is 0 Å². The minimum atomic E-state index is -2.95. The van der Waals surface area contributed by atoms with Crippen molar-refractivity contribution in [1.82, 2.24) is 0 Å². The van der Waals surface area contributed by atoms with Crippen molar-refractivity contribution in [2.24, 2.45) is 5.92 Å². The van der Waals surface area contributed by atoms with Gasteiger partial charge in [-0.2, -0.15) is 0 Å². The molecule has 3 atom stereocenters. The highest BCUT2D eigenvalue weighted by atomic mass is 32.2. The highest BCUT2D eigenvalue weighted by Gasteiger charge is 2.39. The van der Waals surface area contributed by atoms with Gasteiger partial charge in [0.05, 0.1) is 10.9 Å². The van der Waals surface area contributed by atoms with Crippen LogP contribution in [0.5, 0.6) is 0 Å². The average Bonchev–Trinajstić information content (AvgIpc) is 2.28. The summed E-state index contributed by atoms with van der Waals surface area (Å²) in [6.45, 7) is 4.07. The van der Waals surface area contributed by atoms with Crippen molar-refractivity contribution in [1.29, 1.82) is 0 Å². The third-order valence-corrected chi connectivity index (χ3v) is 5.93. The predicted molar refractivity (Wildman–Crippen MR) is 70.7 cm³/mol. The average molecular weight is 262 g/mol. The van der Waals surface area contributed by atoms with E-state index in [1.807, 2.05) is 6.92 Å². The number of hydrogen-bond donors (Lipinski definition) is 1. The molecular weight excluding hydrogens is 236 g/mol. The Balaban J connectivity index is 2.78. The maximum atomic E-state index is 11.6. The Morgan fingerprint density at radius 3 is 2.41 bits per heavy atom. The number of sulfone groups is 1. The minimum Gasteiger partial charge on any atom is -0.390 e. The van der Waals surface area contributed by atoms with E-state index in [1.54, 1.807) is 0 Å². The molecule has 0 bridgehead atoms. The SMILES string of the molecule is CCCC(O)(CC)C1CCCC(S(C)(=O)=O)C1. The van der Waals surface area contributed by atoms with Crippen LogP contribution in [0.25, 0.3) is 0 Å². The van der Waals surface area contributed by atoms with Gasteiger partial charge >= 0.3 is 0 Å². The Labute approximate surface area is 106 Å². The first-order chi connectivity index (χ1) is 7.83. The van der Waals surface area contributed by atoms with Crippen LogP contribution in [0.1, 0.15) is 58.8 Å². The van der Waals surface area contributed by atoms with Crippen LogP contribution in [-0.4, -0.2) is 30.6 Å². The van der Waals surface area contributed by atoms with E-state index in [0.717, 1.165) is 38.5 Å². The molecule has 1 N–H and O–H groups in total. The van der Waals surface area contributed by atoms with Gasteiger partial charge in [-0.3, -0.25) is 0 Å². The number of hydrogen-bond acceptors (Lipinski definition) is 3. The van der Waals surface area contributed by atoms with Crippen LogP contribution in [0, 0.1) is 5.92 Å². The second kappa shape index (κ2) is 5.70. The molecule has 0 aliphatic heterocycles. The zero-order valence-corrected chi connectivity index (χ0v) is 12.1. The molecule has 1 rings (SSSR count). The largest absolute Gasteiger partial charge is 0.390 e. The monoisotopic (exact) mass is 262 g/mol. The van der Waals surface area contributed by atoms with Gasteiger partial charge in [-0.1, -0.05) is 26.7 Å². The van der Waals surface area contributed by atoms with Crippen molar-refractivity contribution in [3.63, 3.8) is 0 Å². The summed E-state index contributed by atoms with van der Waals surface area (Å²) in [5.74, 6) is 0.154. The van der Waals surface area contributed by atoms with E-state index in [1.165, 1.54) is 6.26 Å². The molecule has 17 heavy (non-hydrogen) atoms. The molecule has 1 aliphatic rings. The Kier molecular flexibility index (Phi) is 5.02. The third-order valence-electron chi connectivity index (χ3n) is 4.29. The van der Waals surface area contributed by atoms with Gasteiger partial charge in [-0.25, -0.2) is 8.42 Å². The summed E-state index contributed by atoms with van der Waals surface area (Å²) in [4.78, 5) is 0. The fourth-order valence-electron chi connectivity index (χ4n) is 3.12. The van der Waals surface area contributed by atoms with Gasteiger partial charge in [0, 0.05) is 6.26 Å². The van der Waals surface area contributed by atoms with Crippen molar-refractivity contribution >= 4 is 9.84 Å². The van der Waals surface area contributed by atoms with E-state index >= 15 is 0 Å². The van der Waals surface area contributed by atoms with E-state index < -0.39 is 15.4 Å². The van der Waals surface area contributed by atoms with Crippen molar-refractivity contribution in [2.45, 2.75) is 69.6 Å². The summed E-state index contributed by atoms with van der Waals surface area (Å²) >= 11 is 0. The maximum Gasteiger partial charge on any atom is 0.150 e. The van der Waals surface area contributed by atoms with E-state index in [9.17, 15) is 13.5 Å². The Hall–Kier alpha value is -0.0900. The van der Waals surface area contributed by atoms with Crippen LogP contribution in [0.15, 0.2) is 0 Å². The van der Waals surface area contributed by atoms with Crippen molar-refractivity contribution in [2.75, 3.05) is 6.26 Å². The summed E-state index contributed by atoms with van der Waals surface area (Å²) in [5, 5.41) is 10.4.